The van der Waals surface area contributed by atoms with Crippen molar-refractivity contribution < 1.29 is 4.74 Å². The lowest BCUT2D eigenvalue weighted by Crippen LogP contribution is -2.60. The van der Waals surface area contributed by atoms with Crippen molar-refractivity contribution in [1.29, 1.82) is 0 Å². The van der Waals surface area contributed by atoms with Crippen molar-refractivity contribution in [3.63, 3.8) is 0 Å². The van der Waals surface area contributed by atoms with Crippen LogP contribution in [0.2, 0.25) is 0 Å². The zero-order valence-electron chi connectivity index (χ0n) is 15.1. The number of hydrogen-bond donors (Lipinski definition) is 1. The summed E-state index contributed by atoms with van der Waals surface area (Å²) in [6.07, 6.45) is 4.31. The highest BCUT2D eigenvalue weighted by atomic mass is 16.5. The summed E-state index contributed by atoms with van der Waals surface area (Å²) in [7, 11) is 1.73. The highest BCUT2D eigenvalue weighted by molar-refractivity contribution is 5.46. The molecule has 0 radical (unpaired) electrons. The fourth-order valence-corrected chi connectivity index (χ4v) is 5.32. The maximum absolute atomic E-state index is 5.95. The van der Waals surface area contributed by atoms with E-state index in [2.05, 4.69) is 38.0 Å². The molecule has 0 spiro atoms. The minimum atomic E-state index is 0.434. The lowest BCUT2D eigenvalue weighted by atomic mass is 9.75. The number of piperidine rings is 3. The molecular weight excluding hydrogens is 326 g/mol. The molecule has 4 aliphatic heterocycles. The molecule has 4 fully saturated rings. The van der Waals surface area contributed by atoms with Crippen LogP contribution in [0, 0.1) is 5.92 Å². The molecule has 4 aliphatic rings. The van der Waals surface area contributed by atoms with Gasteiger partial charge in [-0.1, -0.05) is 12.1 Å². The molecule has 3 atom stereocenters. The van der Waals surface area contributed by atoms with E-state index in [0.29, 0.717) is 29.7 Å². The molecule has 6 nitrogen and oxygen atoms in total. The van der Waals surface area contributed by atoms with Crippen LogP contribution in [0.4, 0.5) is 11.8 Å². The predicted octanol–water partition coefficient (Wildman–Crippen LogP) is 2.13. The van der Waals surface area contributed by atoms with Gasteiger partial charge in [-0.25, -0.2) is 4.98 Å². The normalized spacial score (nSPS) is 32.5. The first-order valence-electron chi connectivity index (χ1n) is 9.48. The number of benzene rings is 1. The molecule has 3 unspecified atom stereocenters. The minimum Gasteiger partial charge on any atom is -0.497 e. The Kier molecular flexibility index (Phi) is 3.74. The number of hydrogen-bond acceptors (Lipinski definition) is 6. The Morgan fingerprint density at radius 1 is 1.15 bits per heavy atom. The second kappa shape index (κ2) is 6.13. The Morgan fingerprint density at radius 3 is 2.77 bits per heavy atom. The highest BCUT2D eigenvalue weighted by Crippen LogP contribution is 2.47. The van der Waals surface area contributed by atoms with Crippen molar-refractivity contribution >= 4 is 11.8 Å². The zero-order chi connectivity index (χ0) is 17.7. The van der Waals surface area contributed by atoms with Crippen molar-refractivity contribution in [3.05, 3.63) is 42.1 Å². The van der Waals surface area contributed by atoms with Gasteiger partial charge in [0.2, 0.25) is 5.95 Å². The number of nitrogens with two attached hydrogens (primary N) is 1. The van der Waals surface area contributed by atoms with Gasteiger partial charge in [-0.2, -0.15) is 4.98 Å². The van der Waals surface area contributed by atoms with Crippen LogP contribution in [-0.2, 0) is 0 Å². The van der Waals surface area contributed by atoms with Crippen LogP contribution in [0.25, 0.3) is 0 Å². The van der Waals surface area contributed by atoms with E-state index in [9.17, 15) is 0 Å². The third-order valence-electron chi connectivity index (χ3n) is 6.44. The van der Waals surface area contributed by atoms with Crippen molar-refractivity contribution in [2.24, 2.45) is 5.92 Å². The number of methoxy groups -OCH3 is 1. The molecule has 0 saturated carbocycles. The molecule has 6 rings (SSSR count). The van der Waals surface area contributed by atoms with E-state index in [4.69, 9.17) is 10.5 Å². The molecule has 4 saturated heterocycles. The SMILES string of the molecule is COc1cccc(C2CN(c3nccc(N)n3)C3C4CCN(CC4)C23)c1. The van der Waals surface area contributed by atoms with Gasteiger partial charge < -0.3 is 15.4 Å². The highest BCUT2D eigenvalue weighted by Gasteiger charge is 2.54. The van der Waals surface area contributed by atoms with Crippen molar-refractivity contribution in [2.75, 3.05) is 37.4 Å². The first kappa shape index (κ1) is 15.9. The monoisotopic (exact) mass is 351 g/mol. The number of aromatic nitrogens is 2. The summed E-state index contributed by atoms with van der Waals surface area (Å²) in [5.41, 5.74) is 7.29. The van der Waals surface area contributed by atoms with E-state index >= 15 is 0 Å². The van der Waals surface area contributed by atoms with Gasteiger partial charge in [0.15, 0.2) is 0 Å². The number of rotatable bonds is 3. The smallest absolute Gasteiger partial charge is 0.227 e. The zero-order valence-corrected chi connectivity index (χ0v) is 15.1. The molecule has 0 aliphatic carbocycles. The fourth-order valence-electron chi connectivity index (χ4n) is 5.32. The summed E-state index contributed by atoms with van der Waals surface area (Å²) < 4.78 is 5.47. The Balaban J connectivity index is 1.56. The summed E-state index contributed by atoms with van der Waals surface area (Å²) >= 11 is 0. The first-order valence-corrected chi connectivity index (χ1v) is 9.48. The first-order chi connectivity index (χ1) is 12.7. The van der Waals surface area contributed by atoms with Gasteiger partial charge in [0.1, 0.15) is 11.6 Å². The largest absolute Gasteiger partial charge is 0.497 e. The molecular formula is C20H25N5O. The van der Waals surface area contributed by atoms with E-state index in [0.717, 1.165) is 18.2 Å². The maximum Gasteiger partial charge on any atom is 0.227 e. The van der Waals surface area contributed by atoms with Gasteiger partial charge in [0.25, 0.3) is 0 Å². The van der Waals surface area contributed by atoms with Gasteiger partial charge in [-0.15, -0.1) is 0 Å². The number of fused-ring (bicyclic) bond motifs is 2. The third kappa shape index (κ3) is 2.43. The summed E-state index contributed by atoms with van der Waals surface area (Å²) in [6.45, 7) is 3.34. The number of nitrogens with zero attached hydrogens (tertiary/aromatic N) is 4. The standard InChI is InChI=1S/C20H25N5O/c1-26-15-4-2-3-14(11-15)16-12-25(20-22-8-5-17(21)23-20)18-13-6-9-24(10-7-13)19(16)18/h2-5,8,11,13,16,18-19H,6-7,9-10,12H2,1H3,(H2,21,22,23). The van der Waals surface area contributed by atoms with Gasteiger partial charge in [-0.05, 0) is 55.6 Å². The van der Waals surface area contributed by atoms with Crippen LogP contribution < -0.4 is 15.4 Å². The van der Waals surface area contributed by atoms with Crippen LogP contribution in [0.15, 0.2) is 36.5 Å². The quantitative estimate of drug-likeness (QED) is 0.914. The molecule has 6 heteroatoms. The third-order valence-corrected chi connectivity index (χ3v) is 6.44. The average Bonchev–Trinajstić information content (AvgIpc) is 3.12. The van der Waals surface area contributed by atoms with E-state index in [1.165, 1.54) is 31.5 Å². The summed E-state index contributed by atoms with van der Waals surface area (Å²) in [6, 6.07) is 11.3. The number of ether oxygens (including phenoxy) is 1. The van der Waals surface area contributed by atoms with Gasteiger partial charge in [-0.3, -0.25) is 4.90 Å². The number of nitrogen functional groups attached to an aromatic ring is 1. The van der Waals surface area contributed by atoms with E-state index in [-0.39, 0.29) is 0 Å². The lowest BCUT2D eigenvalue weighted by Gasteiger charge is -2.51. The minimum absolute atomic E-state index is 0.434. The molecule has 2 aromatic rings. The molecule has 1 aromatic heterocycles. The van der Waals surface area contributed by atoms with Gasteiger partial charge in [0, 0.05) is 24.7 Å². The summed E-state index contributed by atoms with van der Waals surface area (Å²) in [4.78, 5) is 14.2. The molecule has 136 valence electrons. The second-order valence-electron chi connectivity index (χ2n) is 7.67. The van der Waals surface area contributed by atoms with E-state index < -0.39 is 0 Å². The molecule has 2 N–H and O–H groups in total. The van der Waals surface area contributed by atoms with Crippen LogP contribution in [0.1, 0.15) is 24.3 Å². The fraction of sp³-hybridized carbons (Fsp3) is 0.500. The number of anilines is 2. The van der Waals surface area contributed by atoms with Gasteiger partial charge in [0.05, 0.1) is 13.2 Å². The molecule has 0 amide bonds. The summed E-state index contributed by atoms with van der Waals surface area (Å²) in [5.74, 6) is 3.39. The predicted molar refractivity (Wildman–Crippen MR) is 101 cm³/mol. The Labute approximate surface area is 154 Å². The molecule has 26 heavy (non-hydrogen) atoms. The molecule has 1 aromatic carbocycles. The van der Waals surface area contributed by atoms with Crippen molar-refractivity contribution in [3.8, 4) is 5.75 Å². The Bertz CT molecular complexity index is 804. The molecule has 2 bridgehead atoms. The van der Waals surface area contributed by atoms with Crippen molar-refractivity contribution in [1.82, 2.24) is 14.9 Å². The van der Waals surface area contributed by atoms with Crippen LogP contribution in [0.5, 0.6) is 5.75 Å². The van der Waals surface area contributed by atoms with Crippen molar-refractivity contribution in [2.45, 2.75) is 30.8 Å². The Hall–Kier alpha value is -2.34. The second-order valence-corrected chi connectivity index (χ2v) is 7.67. The molecule has 5 heterocycles. The van der Waals surface area contributed by atoms with Gasteiger partial charge >= 0.3 is 0 Å². The van der Waals surface area contributed by atoms with E-state index in [1.807, 2.05) is 6.07 Å². The average molecular weight is 351 g/mol. The van der Waals surface area contributed by atoms with Crippen LogP contribution in [-0.4, -0.2) is 53.7 Å². The van der Waals surface area contributed by atoms with E-state index in [1.54, 1.807) is 19.4 Å². The maximum atomic E-state index is 5.95. The summed E-state index contributed by atoms with van der Waals surface area (Å²) in [5, 5.41) is 0. The van der Waals surface area contributed by atoms with Crippen LogP contribution >= 0.6 is 0 Å². The topological polar surface area (TPSA) is 67.5 Å². The Morgan fingerprint density at radius 2 is 2.00 bits per heavy atom. The lowest BCUT2D eigenvalue weighted by molar-refractivity contribution is 0.0353. The van der Waals surface area contributed by atoms with Crippen LogP contribution in [0.3, 0.4) is 0 Å².